The number of carbonyl (C=O) groups excluding carboxylic acids is 1. The number of hydrogen-bond acceptors (Lipinski definition) is 5. The van der Waals surface area contributed by atoms with E-state index in [2.05, 4.69) is 20.8 Å². The fraction of sp³-hybridized carbons (Fsp3) is 0.480. The van der Waals surface area contributed by atoms with Crippen LogP contribution in [-0.2, 0) is 19.3 Å². The van der Waals surface area contributed by atoms with Crippen LogP contribution in [0.3, 0.4) is 0 Å². The van der Waals surface area contributed by atoms with Gasteiger partial charge in [-0.1, -0.05) is 32.4 Å². The van der Waals surface area contributed by atoms with Crippen LogP contribution < -0.4 is 10.5 Å². The van der Waals surface area contributed by atoms with Gasteiger partial charge < -0.3 is 15.6 Å². The average Bonchev–Trinajstić information content (AvgIpc) is 3.06. The molecule has 1 atom stereocenters. The second-order valence-corrected chi connectivity index (χ2v) is 10.6. The second-order valence-electron chi connectivity index (χ2n) is 9.04. The van der Waals surface area contributed by atoms with E-state index < -0.39 is 6.10 Å². The van der Waals surface area contributed by atoms with E-state index in [1.54, 1.807) is 18.2 Å². The van der Waals surface area contributed by atoms with Gasteiger partial charge in [-0.2, -0.15) is 0 Å². The lowest BCUT2D eigenvalue weighted by Crippen LogP contribution is -2.26. The highest BCUT2D eigenvalue weighted by atomic mass is 35.5. The molecule has 3 rings (SSSR count). The van der Waals surface area contributed by atoms with E-state index in [9.17, 15) is 9.90 Å². The third-order valence-corrected chi connectivity index (χ3v) is 7.52. The molecule has 1 unspecified atom stereocenters. The summed E-state index contributed by atoms with van der Waals surface area (Å²) in [6, 6.07) is 3.39. The highest BCUT2D eigenvalue weighted by molar-refractivity contribution is 7.13. The average molecular weight is 462 g/mol. The molecule has 0 radical (unpaired) electrons. The molecule has 6 heteroatoms. The number of ketones is 1. The number of benzene rings is 1. The number of aliphatic hydroxyl groups is 1. The molecule has 0 saturated carbocycles. The van der Waals surface area contributed by atoms with Gasteiger partial charge in [-0.3, -0.25) is 4.79 Å². The zero-order valence-corrected chi connectivity index (χ0v) is 20.3. The molecule has 4 nitrogen and oxygen atoms in total. The number of halogens is 1. The number of ether oxygens (including phenoxy) is 1. The number of nitrogens with two attached hydrogens (primary N) is 1. The van der Waals surface area contributed by atoms with Crippen molar-refractivity contribution in [3.8, 4) is 5.75 Å². The summed E-state index contributed by atoms with van der Waals surface area (Å²) in [5.74, 6) is 0.382. The Kier molecular flexibility index (Phi) is 7.63. The Balaban J connectivity index is 1.80. The fourth-order valence-corrected chi connectivity index (χ4v) is 5.59. The number of thiophene rings is 1. The standard InChI is InChI=1S/C25H32ClNO3S/c1-5-22-19-12-25(3,4)9-8-18(19)23(31-22)7-6-21(29)16-10-15(2)24(20(26)11-16)30-14-17(28)13-27/h6-7,10-11,17,28H,5,8-9,12-14,27H2,1-4H3. The van der Waals surface area contributed by atoms with E-state index in [1.807, 2.05) is 24.3 Å². The Labute approximate surface area is 194 Å². The summed E-state index contributed by atoms with van der Waals surface area (Å²) < 4.78 is 5.59. The van der Waals surface area contributed by atoms with Crippen LogP contribution in [-0.4, -0.2) is 30.1 Å². The molecular weight excluding hydrogens is 430 g/mol. The highest BCUT2D eigenvalue weighted by Crippen LogP contribution is 2.42. The van der Waals surface area contributed by atoms with E-state index in [1.165, 1.54) is 27.3 Å². The van der Waals surface area contributed by atoms with Crippen molar-refractivity contribution in [3.63, 3.8) is 0 Å². The van der Waals surface area contributed by atoms with Crippen LogP contribution in [0.2, 0.25) is 5.02 Å². The Hall–Kier alpha value is -1.66. The minimum Gasteiger partial charge on any atom is -0.489 e. The molecule has 1 heterocycles. The number of rotatable bonds is 8. The molecule has 3 N–H and O–H groups in total. The summed E-state index contributed by atoms with van der Waals surface area (Å²) in [4.78, 5) is 15.5. The van der Waals surface area contributed by atoms with Crippen molar-refractivity contribution in [2.45, 2.75) is 59.5 Å². The maximum atomic E-state index is 12.9. The molecule has 1 aromatic carbocycles. The number of aliphatic hydroxyl groups excluding tert-OH is 1. The number of aryl methyl sites for hydroxylation is 2. The molecular formula is C25H32ClNO3S. The first-order chi connectivity index (χ1) is 14.6. The zero-order valence-electron chi connectivity index (χ0n) is 18.8. The number of allylic oxidation sites excluding steroid dienone is 1. The van der Waals surface area contributed by atoms with Gasteiger partial charge in [0.2, 0.25) is 0 Å². The van der Waals surface area contributed by atoms with Crippen molar-refractivity contribution in [1.82, 2.24) is 0 Å². The molecule has 168 valence electrons. The highest BCUT2D eigenvalue weighted by Gasteiger charge is 2.29. The van der Waals surface area contributed by atoms with Crippen LogP contribution in [0, 0.1) is 12.3 Å². The van der Waals surface area contributed by atoms with E-state index in [-0.39, 0.29) is 18.9 Å². The Morgan fingerprint density at radius 2 is 2.13 bits per heavy atom. The molecule has 1 aliphatic carbocycles. The number of hydrogen-bond donors (Lipinski definition) is 2. The molecule has 1 aliphatic rings. The molecule has 0 fully saturated rings. The van der Waals surface area contributed by atoms with E-state index in [0.717, 1.165) is 24.8 Å². The predicted molar refractivity (Wildman–Crippen MR) is 130 cm³/mol. The molecule has 0 bridgehead atoms. The van der Waals surface area contributed by atoms with E-state index in [0.29, 0.717) is 21.8 Å². The molecule has 31 heavy (non-hydrogen) atoms. The smallest absolute Gasteiger partial charge is 0.185 e. The fourth-order valence-electron chi connectivity index (χ4n) is 4.05. The molecule has 0 aliphatic heterocycles. The molecule has 1 aromatic heterocycles. The summed E-state index contributed by atoms with van der Waals surface area (Å²) >= 11 is 8.17. The minimum atomic E-state index is -0.755. The van der Waals surface area contributed by atoms with Crippen molar-refractivity contribution < 1.29 is 14.6 Å². The van der Waals surface area contributed by atoms with Gasteiger partial charge in [-0.25, -0.2) is 0 Å². The van der Waals surface area contributed by atoms with Crippen LogP contribution in [0.4, 0.5) is 0 Å². The number of carbonyl (C=O) groups is 1. The summed E-state index contributed by atoms with van der Waals surface area (Å²) in [5, 5.41) is 9.95. The summed E-state index contributed by atoms with van der Waals surface area (Å²) in [6.07, 6.45) is 7.24. The quantitative estimate of drug-likeness (QED) is 0.408. The maximum Gasteiger partial charge on any atom is 0.185 e. The van der Waals surface area contributed by atoms with Crippen molar-refractivity contribution in [3.05, 3.63) is 55.2 Å². The van der Waals surface area contributed by atoms with Crippen molar-refractivity contribution in [1.29, 1.82) is 0 Å². The third-order valence-electron chi connectivity index (χ3n) is 5.85. The van der Waals surface area contributed by atoms with E-state index >= 15 is 0 Å². The topological polar surface area (TPSA) is 72.5 Å². The first-order valence-corrected chi connectivity index (χ1v) is 12.0. The normalized spacial score (nSPS) is 16.4. The van der Waals surface area contributed by atoms with E-state index in [4.69, 9.17) is 22.1 Å². The van der Waals surface area contributed by atoms with Gasteiger partial charge in [0, 0.05) is 21.9 Å². The molecule has 0 amide bonds. The Morgan fingerprint density at radius 3 is 2.77 bits per heavy atom. The van der Waals surface area contributed by atoms with Gasteiger partial charge in [0.1, 0.15) is 18.5 Å². The lowest BCUT2D eigenvalue weighted by Gasteiger charge is -2.30. The van der Waals surface area contributed by atoms with Crippen LogP contribution in [0.5, 0.6) is 5.75 Å². The summed E-state index contributed by atoms with van der Waals surface area (Å²) in [7, 11) is 0. The summed E-state index contributed by atoms with van der Waals surface area (Å²) in [6.45, 7) is 8.88. The van der Waals surface area contributed by atoms with Crippen LogP contribution in [0.25, 0.3) is 6.08 Å². The van der Waals surface area contributed by atoms with Crippen LogP contribution >= 0.6 is 22.9 Å². The Bertz CT molecular complexity index is 970. The van der Waals surface area contributed by atoms with Gasteiger partial charge in [0.15, 0.2) is 5.78 Å². The maximum absolute atomic E-state index is 12.9. The predicted octanol–water partition coefficient (Wildman–Crippen LogP) is 5.38. The minimum absolute atomic E-state index is 0.0598. The third kappa shape index (κ3) is 5.58. The first kappa shape index (κ1) is 24.0. The van der Waals surface area contributed by atoms with Crippen LogP contribution in [0.15, 0.2) is 18.2 Å². The largest absolute Gasteiger partial charge is 0.489 e. The second kappa shape index (κ2) is 9.86. The molecule has 0 spiro atoms. The lowest BCUT2D eigenvalue weighted by molar-refractivity contribution is 0.104. The van der Waals surface area contributed by atoms with Crippen LogP contribution in [0.1, 0.15) is 64.0 Å². The van der Waals surface area contributed by atoms with Gasteiger partial charge >= 0.3 is 0 Å². The van der Waals surface area contributed by atoms with Gasteiger partial charge in [-0.05, 0) is 79.0 Å². The molecule has 2 aromatic rings. The Morgan fingerprint density at radius 1 is 1.39 bits per heavy atom. The lowest BCUT2D eigenvalue weighted by atomic mass is 9.74. The van der Waals surface area contributed by atoms with Crippen molar-refractivity contribution >= 4 is 34.8 Å². The molecule has 0 saturated heterocycles. The van der Waals surface area contributed by atoms with Gasteiger partial charge in [0.25, 0.3) is 0 Å². The zero-order chi connectivity index (χ0) is 22.8. The SMILES string of the molecule is CCc1sc(C=CC(=O)c2cc(C)c(OCC(O)CN)c(Cl)c2)c2c1CC(C)(C)CC2. The number of fused-ring (bicyclic) bond motifs is 1. The van der Waals surface area contributed by atoms with Crippen molar-refractivity contribution in [2.75, 3.05) is 13.2 Å². The van der Waals surface area contributed by atoms with Gasteiger partial charge in [-0.15, -0.1) is 11.3 Å². The summed E-state index contributed by atoms with van der Waals surface area (Å²) in [5.41, 5.74) is 9.93. The first-order valence-electron chi connectivity index (χ1n) is 10.8. The van der Waals surface area contributed by atoms with Gasteiger partial charge in [0.05, 0.1) is 5.02 Å². The van der Waals surface area contributed by atoms with Crippen molar-refractivity contribution in [2.24, 2.45) is 11.1 Å². The monoisotopic (exact) mass is 461 g/mol.